The number of halogens is 2. The Labute approximate surface area is 99.5 Å². The molecule has 2 rings (SSSR count). The molecule has 1 unspecified atom stereocenters. The maximum Gasteiger partial charge on any atom is 0.123 e. The van der Waals surface area contributed by atoms with Gasteiger partial charge in [-0.2, -0.15) is 0 Å². The lowest BCUT2D eigenvalue weighted by Gasteiger charge is -2.01. The standard InChI is InChI=1S/C11H12FN3.ClH/c1-8(13)11-6-15(7-14-11)10-4-2-9(12)3-5-10;/h2-8H,13H2,1H3;1H. The zero-order chi connectivity index (χ0) is 10.8. The van der Waals surface area contributed by atoms with Gasteiger partial charge >= 0.3 is 0 Å². The molecule has 0 radical (unpaired) electrons. The first-order valence-electron chi connectivity index (χ1n) is 4.72. The second-order valence-electron chi connectivity index (χ2n) is 3.47. The van der Waals surface area contributed by atoms with Crippen molar-refractivity contribution in [2.75, 3.05) is 0 Å². The minimum absolute atomic E-state index is 0. The summed E-state index contributed by atoms with van der Waals surface area (Å²) in [5, 5.41) is 0. The largest absolute Gasteiger partial charge is 0.323 e. The van der Waals surface area contributed by atoms with Crippen molar-refractivity contribution in [1.29, 1.82) is 0 Å². The number of hydrogen-bond acceptors (Lipinski definition) is 2. The first kappa shape index (κ1) is 12.7. The van der Waals surface area contributed by atoms with E-state index >= 15 is 0 Å². The zero-order valence-electron chi connectivity index (χ0n) is 8.80. The minimum Gasteiger partial charge on any atom is -0.323 e. The predicted molar refractivity (Wildman–Crippen MR) is 63.4 cm³/mol. The molecule has 0 amide bonds. The summed E-state index contributed by atoms with van der Waals surface area (Å²) < 4.78 is 14.5. The third-order valence-corrected chi connectivity index (χ3v) is 2.19. The second kappa shape index (κ2) is 5.09. The molecule has 0 spiro atoms. The molecule has 0 bridgehead atoms. The Morgan fingerprint density at radius 3 is 2.44 bits per heavy atom. The molecule has 0 saturated carbocycles. The summed E-state index contributed by atoms with van der Waals surface area (Å²) in [6.07, 6.45) is 3.52. The minimum atomic E-state index is -0.244. The zero-order valence-corrected chi connectivity index (χ0v) is 9.62. The van der Waals surface area contributed by atoms with Crippen molar-refractivity contribution in [2.24, 2.45) is 5.73 Å². The van der Waals surface area contributed by atoms with E-state index in [1.807, 2.05) is 17.7 Å². The van der Waals surface area contributed by atoms with Crippen molar-refractivity contribution in [1.82, 2.24) is 9.55 Å². The van der Waals surface area contributed by atoms with Gasteiger partial charge in [-0.1, -0.05) is 0 Å². The number of nitrogens with two attached hydrogens (primary N) is 1. The monoisotopic (exact) mass is 241 g/mol. The highest BCUT2D eigenvalue weighted by atomic mass is 35.5. The van der Waals surface area contributed by atoms with Gasteiger partial charge in [0.15, 0.2) is 0 Å². The lowest BCUT2D eigenvalue weighted by atomic mass is 10.3. The van der Waals surface area contributed by atoms with Crippen LogP contribution >= 0.6 is 12.4 Å². The van der Waals surface area contributed by atoms with E-state index in [2.05, 4.69) is 4.98 Å². The number of hydrogen-bond donors (Lipinski definition) is 1. The second-order valence-corrected chi connectivity index (χ2v) is 3.47. The van der Waals surface area contributed by atoms with Crippen LogP contribution in [0, 0.1) is 5.82 Å². The van der Waals surface area contributed by atoms with Gasteiger partial charge in [-0.25, -0.2) is 9.37 Å². The van der Waals surface area contributed by atoms with Crippen LogP contribution in [-0.4, -0.2) is 9.55 Å². The summed E-state index contributed by atoms with van der Waals surface area (Å²) in [4.78, 5) is 4.16. The average molecular weight is 242 g/mol. The van der Waals surface area contributed by atoms with Crippen LogP contribution in [0.5, 0.6) is 0 Å². The van der Waals surface area contributed by atoms with Gasteiger partial charge in [0.05, 0.1) is 12.0 Å². The average Bonchev–Trinajstić information content (AvgIpc) is 2.68. The van der Waals surface area contributed by atoms with Crippen LogP contribution in [0.25, 0.3) is 5.69 Å². The first-order chi connectivity index (χ1) is 7.16. The molecule has 0 saturated heterocycles. The molecule has 0 fully saturated rings. The highest BCUT2D eigenvalue weighted by Crippen LogP contribution is 2.12. The highest BCUT2D eigenvalue weighted by Gasteiger charge is 2.04. The number of nitrogens with zero attached hydrogens (tertiary/aromatic N) is 2. The van der Waals surface area contributed by atoms with Gasteiger partial charge in [0.2, 0.25) is 0 Å². The summed E-state index contributed by atoms with van der Waals surface area (Å²) in [5.41, 5.74) is 7.38. The van der Waals surface area contributed by atoms with Crippen molar-refractivity contribution in [3.8, 4) is 5.69 Å². The molecule has 5 heteroatoms. The van der Waals surface area contributed by atoms with Crippen LogP contribution < -0.4 is 5.73 Å². The third kappa shape index (κ3) is 2.59. The van der Waals surface area contributed by atoms with Crippen LogP contribution in [0.3, 0.4) is 0 Å². The Morgan fingerprint density at radius 1 is 1.31 bits per heavy atom. The molecular formula is C11H13ClFN3. The molecule has 3 nitrogen and oxygen atoms in total. The molecule has 1 aromatic heterocycles. The van der Waals surface area contributed by atoms with Gasteiger partial charge in [0.25, 0.3) is 0 Å². The first-order valence-corrected chi connectivity index (χ1v) is 4.72. The summed E-state index contributed by atoms with van der Waals surface area (Å²) in [5.74, 6) is -0.244. The molecule has 0 aliphatic carbocycles. The van der Waals surface area contributed by atoms with Crippen molar-refractivity contribution in [3.63, 3.8) is 0 Å². The molecule has 2 aromatic rings. The van der Waals surface area contributed by atoms with Crippen LogP contribution in [0.2, 0.25) is 0 Å². The van der Waals surface area contributed by atoms with Crippen LogP contribution in [-0.2, 0) is 0 Å². The summed E-state index contributed by atoms with van der Waals surface area (Å²) in [7, 11) is 0. The SMILES string of the molecule is CC(N)c1cn(-c2ccc(F)cc2)cn1.Cl. The maximum atomic E-state index is 12.7. The summed E-state index contributed by atoms with van der Waals surface area (Å²) in [6.45, 7) is 1.87. The van der Waals surface area contributed by atoms with E-state index in [4.69, 9.17) is 5.73 Å². The Balaban J connectivity index is 0.00000128. The molecule has 16 heavy (non-hydrogen) atoms. The fourth-order valence-electron chi connectivity index (χ4n) is 1.33. The van der Waals surface area contributed by atoms with E-state index in [0.717, 1.165) is 11.4 Å². The molecule has 1 aromatic carbocycles. The summed E-state index contributed by atoms with van der Waals surface area (Å²) >= 11 is 0. The maximum absolute atomic E-state index is 12.7. The van der Waals surface area contributed by atoms with E-state index in [1.54, 1.807) is 18.5 Å². The predicted octanol–water partition coefficient (Wildman–Crippen LogP) is 2.45. The summed E-state index contributed by atoms with van der Waals surface area (Å²) in [6, 6.07) is 6.14. The fraction of sp³-hybridized carbons (Fsp3) is 0.182. The van der Waals surface area contributed by atoms with Crippen molar-refractivity contribution in [2.45, 2.75) is 13.0 Å². The van der Waals surface area contributed by atoms with E-state index in [-0.39, 0.29) is 24.3 Å². The normalized spacial score (nSPS) is 11.9. The van der Waals surface area contributed by atoms with E-state index in [1.165, 1.54) is 12.1 Å². The Kier molecular flexibility index (Phi) is 4.04. The van der Waals surface area contributed by atoms with Crippen molar-refractivity contribution < 1.29 is 4.39 Å². The Morgan fingerprint density at radius 2 is 1.94 bits per heavy atom. The molecule has 0 aliphatic rings. The molecule has 2 N–H and O–H groups in total. The number of aromatic nitrogens is 2. The molecule has 1 atom stereocenters. The topological polar surface area (TPSA) is 43.8 Å². The Bertz CT molecular complexity index is 451. The number of benzene rings is 1. The smallest absolute Gasteiger partial charge is 0.123 e. The number of rotatable bonds is 2. The quantitative estimate of drug-likeness (QED) is 0.878. The molecule has 0 aliphatic heterocycles. The lowest BCUT2D eigenvalue weighted by molar-refractivity contribution is 0.627. The van der Waals surface area contributed by atoms with Gasteiger partial charge in [-0.3, -0.25) is 0 Å². The van der Waals surface area contributed by atoms with E-state index in [0.29, 0.717) is 0 Å². The van der Waals surface area contributed by atoms with E-state index < -0.39 is 0 Å². The van der Waals surface area contributed by atoms with Crippen LogP contribution in [0.1, 0.15) is 18.7 Å². The number of imidazole rings is 1. The van der Waals surface area contributed by atoms with Gasteiger partial charge in [-0.05, 0) is 31.2 Å². The molecule has 1 heterocycles. The van der Waals surface area contributed by atoms with Gasteiger partial charge in [-0.15, -0.1) is 12.4 Å². The van der Waals surface area contributed by atoms with Crippen molar-refractivity contribution in [3.05, 3.63) is 48.3 Å². The van der Waals surface area contributed by atoms with Crippen molar-refractivity contribution >= 4 is 12.4 Å². The molecule has 86 valence electrons. The lowest BCUT2D eigenvalue weighted by Crippen LogP contribution is -2.04. The van der Waals surface area contributed by atoms with Crippen LogP contribution in [0.4, 0.5) is 4.39 Å². The Hall–Kier alpha value is -1.39. The third-order valence-electron chi connectivity index (χ3n) is 2.19. The van der Waals surface area contributed by atoms with Gasteiger partial charge < -0.3 is 10.3 Å². The van der Waals surface area contributed by atoms with E-state index in [9.17, 15) is 4.39 Å². The van der Waals surface area contributed by atoms with Crippen LogP contribution in [0.15, 0.2) is 36.8 Å². The molecular weight excluding hydrogens is 229 g/mol. The fourth-order valence-corrected chi connectivity index (χ4v) is 1.33. The highest BCUT2D eigenvalue weighted by molar-refractivity contribution is 5.85. The van der Waals surface area contributed by atoms with Gasteiger partial charge in [0, 0.05) is 17.9 Å². The van der Waals surface area contributed by atoms with Gasteiger partial charge in [0.1, 0.15) is 5.82 Å².